The highest BCUT2D eigenvalue weighted by atomic mass is 127. The monoisotopic (exact) mass is 420 g/mol. The van der Waals surface area contributed by atoms with Gasteiger partial charge in [-0.2, -0.15) is 0 Å². The minimum Gasteiger partial charge on any atom is -0.507 e. The van der Waals surface area contributed by atoms with Gasteiger partial charge >= 0.3 is 5.97 Å². The van der Waals surface area contributed by atoms with Gasteiger partial charge in [0, 0.05) is 9.13 Å². The third-order valence-electron chi connectivity index (χ3n) is 1.59. The normalized spacial score (nSPS) is 12.5. The lowest BCUT2D eigenvalue weighted by atomic mass is 10.1. The average Bonchev–Trinajstić information content (AvgIpc) is 2.10. The van der Waals surface area contributed by atoms with E-state index in [2.05, 4.69) is 0 Å². The van der Waals surface area contributed by atoms with Crippen molar-refractivity contribution in [1.82, 2.24) is 0 Å². The van der Waals surface area contributed by atoms with E-state index in [0.717, 1.165) is 0 Å². The van der Waals surface area contributed by atoms with Crippen molar-refractivity contribution in [2.75, 3.05) is 0 Å². The van der Waals surface area contributed by atoms with Crippen LogP contribution in [0.15, 0.2) is 12.1 Å². The van der Waals surface area contributed by atoms with Gasteiger partial charge < -0.3 is 15.3 Å². The molecule has 1 unspecified atom stereocenters. The third kappa shape index (κ3) is 2.48. The number of carboxylic acid groups (broad SMARTS) is 1. The summed E-state index contributed by atoms with van der Waals surface area (Å²) in [6.45, 7) is 0. The zero-order valence-electron chi connectivity index (χ0n) is 6.74. The molecule has 0 radical (unpaired) electrons. The number of aliphatic hydroxyl groups is 1. The lowest BCUT2D eigenvalue weighted by Crippen LogP contribution is -2.11. The molecule has 0 heterocycles. The second-order valence-corrected chi connectivity index (χ2v) is 4.89. The van der Waals surface area contributed by atoms with Crippen LogP contribution in [0.25, 0.3) is 0 Å². The molecule has 0 fully saturated rings. The number of aromatic hydroxyl groups is 1. The molecule has 0 aliphatic carbocycles. The summed E-state index contributed by atoms with van der Waals surface area (Å²) in [4.78, 5) is 10.5. The van der Waals surface area contributed by atoms with Gasteiger partial charge in [-0.25, -0.2) is 4.79 Å². The fraction of sp³-hybridized carbons (Fsp3) is 0.125. The zero-order chi connectivity index (χ0) is 10.9. The van der Waals surface area contributed by atoms with Crippen molar-refractivity contribution in [3.05, 3.63) is 24.8 Å². The molecule has 1 atom stereocenters. The molecular formula is C8H6I2O4. The predicted octanol–water partition coefficient (Wildman–Crippen LogP) is 1.72. The Morgan fingerprint density at radius 1 is 1.29 bits per heavy atom. The van der Waals surface area contributed by atoms with Gasteiger partial charge in [-0.05, 0) is 57.3 Å². The van der Waals surface area contributed by atoms with Gasteiger partial charge in [0.05, 0.1) is 3.57 Å². The van der Waals surface area contributed by atoms with E-state index < -0.39 is 12.1 Å². The molecular weight excluding hydrogens is 414 g/mol. The third-order valence-corrected chi connectivity index (χ3v) is 3.39. The van der Waals surface area contributed by atoms with Crippen molar-refractivity contribution in [3.63, 3.8) is 0 Å². The van der Waals surface area contributed by atoms with Gasteiger partial charge in [0.25, 0.3) is 0 Å². The van der Waals surface area contributed by atoms with Gasteiger partial charge in [0.1, 0.15) is 5.75 Å². The maximum absolute atomic E-state index is 10.5. The molecule has 76 valence electrons. The highest BCUT2D eigenvalue weighted by Crippen LogP contribution is 2.29. The first-order valence-electron chi connectivity index (χ1n) is 3.52. The van der Waals surface area contributed by atoms with Crippen LogP contribution >= 0.6 is 45.2 Å². The maximum Gasteiger partial charge on any atom is 0.337 e. The van der Waals surface area contributed by atoms with E-state index in [4.69, 9.17) is 5.11 Å². The fourth-order valence-electron chi connectivity index (χ4n) is 0.896. The summed E-state index contributed by atoms with van der Waals surface area (Å²) in [6, 6.07) is 2.88. The number of halogens is 2. The lowest BCUT2D eigenvalue weighted by Gasteiger charge is -2.09. The number of rotatable bonds is 2. The highest BCUT2D eigenvalue weighted by Gasteiger charge is 2.20. The summed E-state index contributed by atoms with van der Waals surface area (Å²) in [6.07, 6.45) is -1.59. The minimum absolute atomic E-state index is 0.0266. The van der Waals surface area contributed by atoms with Gasteiger partial charge in [-0.1, -0.05) is 0 Å². The fourth-order valence-corrected chi connectivity index (χ4v) is 2.72. The van der Waals surface area contributed by atoms with Gasteiger partial charge in [-0.15, -0.1) is 0 Å². The van der Waals surface area contributed by atoms with Crippen LogP contribution in [0.1, 0.15) is 11.7 Å². The summed E-state index contributed by atoms with van der Waals surface area (Å²) in [7, 11) is 0. The number of benzene rings is 1. The first kappa shape index (κ1) is 12.0. The number of phenols is 1. The molecule has 0 aliphatic rings. The Balaban J connectivity index is 3.22. The van der Waals surface area contributed by atoms with Gasteiger partial charge in [0.2, 0.25) is 0 Å². The SMILES string of the molecule is O=C(O)C(O)c1cc(O)c(I)cc1I. The second-order valence-electron chi connectivity index (χ2n) is 2.57. The number of hydrogen-bond acceptors (Lipinski definition) is 3. The molecule has 0 amide bonds. The van der Waals surface area contributed by atoms with E-state index in [9.17, 15) is 15.0 Å². The lowest BCUT2D eigenvalue weighted by molar-refractivity contribution is -0.147. The van der Waals surface area contributed by atoms with Crippen LogP contribution < -0.4 is 0 Å². The van der Waals surface area contributed by atoms with E-state index in [1.165, 1.54) is 6.07 Å². The number of hydrogen-bond donors (Lipinski definition) is 3. The van der Waals surface area contributed by atoms with Crippen LogP contribution in [-0.4, -0.2) is 21.3 Å². The Morgan fingerprint density at radius 2 is 1.86 bits per heavy atom. The predicted molar refractivity (Wildman–Crippen MR) is 66.1 cm³/mol. The quantitative estimate of drug-likeness (QED) is 0.638. The molecule has 1 aromatic rings. The van der Waals surface area contributed by atoms with Crippen molar-refractivity contribution in [3.8, 4) is 5.75 Å². The molecule has 6 heteroatoms. The number of aliphatic carboxylic acids is 1. The number of carboxylic acids is 1. The van der Waals surface area contributed by atoms with Gasteiger partial charge in [0.15, 0.2) is 6.10 Å². The molecule has 1 rings (SSSR count). The van der Waals surface area contributed by atoms with Crippen LogP contribution in [0.3, 0.4) is 0 Å². The van der Waals surface area contributed by atoms with E-state index >= 15 is 0 Å². The van der Waals surface area contributed by atoms with Crippen LogP contribution in [0, 0.1) is 7.14 Å². The number of carbonyl (C=O) groups is 1. The van der Waals surface area contributed by atoms with Crippen molar-refractivity contribution in [1.29, 1.82) is 0 Å². The van der Waals surface area contributed by atoms with Crippen molar-refractivity contribution in [2.45, 2.75) is 6.10 Å². The molecule has 0 aliphatic heterocycles. The molecule has 0 bridgehead atoms. The minimum atomic E-state index is -1.59. The smallest absolute Gasteiger partial charge is 0.337 e. The second kappa shape index (κ2) is 4.62. The zero-order valence-corrected chi connectivity index (χ0v) is 11.1. The molecule has 0 spiro atoms. The van der Waals surface area contributed by atoms with Crippen LogP contribution in [0.5, 0.6) is 5.75 Å². The summed E-state index contributed by atoms with van der Waals surface area (Å²) >= 11 is 3.84. The van der Waals surface area contributed by atoms with Crippen LogP contribution in [-0.2, 0) is 4.79 Å². The van der Waals surface area contributed by atoms with Crippen molar-refractivity contribution >= 4 is 51.2 Å². The molecule has 0 aromatic heterocycles. The summed E-state index contributed by atoms with van der Waals surface area (Å²) in [5.74, 6) is -1.36. The molecule has 3 N–H and O–H groups in total. The number of aliphatic hydroxyl groups excluding tert-OH is 1. The van der Waals surface area contributed by atoms with Crippen LogP contribution in [0.4, 0.5) is 0 Å². The molecule has 4 nitrogen and oxygen atoms in total. The van der Waals surface area contributed by atoms with Gasteiger partial charge in [-0.3, -0.25) is 0 Å². The Kier molecular flexibility index (Phi) is 3.95. The Labute approximate surface area is 107 Å². The largest absolute Gasteiger partial charge is 0.507 e. The Bertz CT molecular complexity index is 378. The average molecular weight is 420 g/mol. The standard InChI is InChI=1S/C8H6I2O4/c9-4-2-5(10)6(11)1-3(4)7(12)8(13)14/h1-2,7,11-12H,(H,13,14). The Hall–Kier alpha value is -0.0900. The summed E-state index contributed by atoms with van der Waals surface area (Å²) in [5, 5.41) is 27.2. The molecule has 0 saturated carbocycles. The van der Waals surface area contributed by atoms with Crippen LogP contribution in [0.2, 0.25) is 0 Å². The first-order valence-corrected chi connectivity index (χ1v) is 5.68. The van der Waals surface area contributed by atoms with E-state index in [0.29, 0.717) is 7.14 Å². The highest BCUT2D eigenvalue weighted by molar-refractivity contribution is 14.1. The van der Waals surface area contributed by atoms with E-state index in [-0.39, 0.29) is 11.3 Å². The number of phenolic OH excluding ortho intramolecular Hbond substituents is 1. The molecule has 1 aromatic carbocycles. The van der Waals surface area contributed by atoms with E-state index in [1.54, 1.807) is 6.07 Å². The molecule has 0 saturated heterocycles. The summed E-state index contributed by atoms with van der Waals surface area (Å²) in [5.41, 5.74) is 0.205. The first-order chi connectivity index (χ1) is 6.43. The molecule has 14 heavy (non-hydrogen) atoms. The van der Waals surface area contributed by atoms with Crippen molar-refractivity contribution < 1.29 is 20.1 Å². The topological polar surface area (TPSA) is 77.8 Å². The van der Waals surface area contributed by atoms with Crippen molar-refractivity contribution in [2.24, 2.45) is 0 Å². The maximum atomic E-state index is 10.5. The Morgan fingerprint density at radius 3 is 2.36 bits per heavy atom. The van der Waals surface area contributed by atoms with E-state index in [1.807, 2.05) is 45.2 Å². The summed E-state index contributed by atoms with van der Waals surface area (Å²) < 4.78 is 1.23.